The van der Waals surface area contributed by atoms with E-state index >= 15 is 0 Å². The van der Waals surface area contributed by atoms with Gasteiger partial charge < -0.3 is 5.32 Å². The van der Waals surface area contributed by atoms with Crippen LogP contribution in [-0.2, 0) is 4.79 Å². The van der Waals surface area contributed by atoms with Gasteiger partial charge in [0.1, 0.15) is 0 Å². The molecule has 4 heteroatoms. The molecule has 1 fully saturated rings. The van der Waals surface area contributed by atoms with Crippen LogP contribution in [0.15, 0.2) is 24.3 Å². The Balaban J connectivity index is 2.15. The second-order valence-corrected chi connectivity index (χ2v) is 4.43. The number of benzene rings is 1. The second kappa shape index (κ2) is 4.85. The molecule has 1 amide bonds. The summed E-state index contributed by atoms with van der Waals surface area (Å²) in [7, 11) is 0. The molecule has 0 aromatic heterocycles. The summed E-state index contributed by atoms with van der Waals surface area (Å²) >= 11 is 6.15. The number of carbonyl (C=O) groups excluding carboxylic acids is 1. The maximum absolute atomic E-state index is 11.3. The third-order valence-electron chi connectivity index (χ3n) is 2.97. The molecule has 0 aliphatic carbocycles. The molecule has 0 bridgehead atoms. The van der Waals surface area contributed by atoms with Gasteiger partial charge in [-0.1, -0.05) is 29.8 Å². The topological polar surface area (TPSA) is 32.3 Å². The van der Waals surface area contributed by atoms with Crippen molar-refractivity contribution in [2.45, 2.75) is 13.0 Å². The molecule has 3 nitrogen and oxygen atoms in total. The fourth-order valence-corrected chi connectivity index (χ4v) is 2.29. The predicted octanol–water partition coefficient (Wildman–Crippen LogP) is 1.83. The van der Waals surface area contributed by atoms with Crippen molar-refractivity contribution in [2.75, 3.05) is 19.6 Å². The van der Waals surface area contributed by atoms with Gasteiger partial charge in [-0.2, -0.15) is 0 Å². The minimum Gasteiger partial charge on any atom is -0.354 e. The molecule has 0 spiro atoms. The van der Waals surface area contributed by atoms with Crippen molar-refractivity contribution in [3.8, 4) is 0 Å². The highest BCUT2D eigenvalue weighted by Gasteiger charge is 2.23. The Morgan fingerprint density at radius 2 is 2.19 bits per heavy atom. The van der Waals surface area contributed by atoms with Crippen molar-refractivity contribution in [3.63, 3.8) is 0 Å². The van der Waals surface area contributed by atoms with Crippen LogP contribution in [0.5, 0.6) is 0 Å². The average molecular weight is 239 g/mol. The fraction of sp³-hybridized carbons (Fsp3) is 0.417. The first-order valence-corrected chi connectivity index (χ1v) is 5.81. The number of nitrogens with zero attached hydrogens (tertiary/aromatic N) is 1. The average Bonchev–Trinajstić information content (AvgIpc) is 2.29. The van der Waals surface area contributed by atoms with E-state index in [1.165, 1.54) is 0 Å². The van der Waals surface area contributed by atoms with Crippen molar-refractivity contribution in [1.29, 1.82) is 0 Å². The number of halogens is 1. The van der Waals surface area contributed by atoms with Gasteiger partial charge in [0.2, 0.25) is 5.91 Å². The van der Waals surface area contributed by atoms with Crippen LogP contribution < -0.4 is 5.32 Å². The highest BCUT2D eigenvalue weighted by atomic mass is 35.5. The SMILES string of the molecule is CC(c1ccccc1Cl)N1CCNC(=O)C1. The molecule has 1 saturated heterocycles. The fourth-order valence-electron chi connectivity index (χ4n) is 2.00. The number of hydrogen-bond donors (Lipinski definition) is 1. The van der Waals surface area contributed by atoms with Gasteiger partial charge in [-0.15, -0.1) is 0 Å². The molecule has 1 aromatic carbocycles. The van der Waals surface area contributed by atoms with Crippen LogP contribution in [-0.4, -0.2) is 30.4 Å². The minimum absolute atomic E-state index is 0.0881. The summed E-state index contributed by atoms with van der Waals surface area (Å²) in [5, 5.41) is 3.58. The van der Waals surface area contributed by atoms with Crippen molar-refractivity contribution in [2.24, 2.45) is 0 Å². The molecule has 1 aromatic rings. The monoisotopic (exact) mass is 238 g/mol. The Kier molecular flexibility index (Phi) is 3.46. The van der Waals surface area contributed by atoms with Crippen LogP contribution in [0.4, 0.5) is 0 Å². The lowest BCUT2D eigenvalue weighted by Crippen LogP contribution is -2.48. The lowest BCUT2D eigenvalue weighted by atomic mass is 10.1. The molecular formula is C12H15ClN2O. The highest BCUT2D eigenvalue weighted by molar-refractivity contribution is 6.31. The first-order chi connectivity index (χ1) is 7.68. The largest absolute Gasteiger partial charge is 0.354 e. The van der Waals surface area contributed by atoms with E-state index in [1.807, 2.05) is 24.3 Å². The van der Waals surface area contributed by atoms with Gasteiger partial charge in [0, 0.05) is 24.2 Å². The first kappa shape index (κ1) is 11.4. The quantitative estimate of drug-likeness (QED) is 0.853. The molecule has 0 saturated carbocycles. The summed E-state index contributed by atoms with van der Waals surface area (Å²) < 4.78 is 0. The minimum atomic E-state index is 0.0881. The molecule has 86 valence electrons. The van der Waals surface area contributed by atoms with Gasteiger partial charge in [0.05, 0.1) is 6.54 Å². The van der Waals surface area contributed by atoms with E-state index < -0.39 is 0 Å². The first-order valence-electron chi connectivity index (χ1n) is 5.43. The number of amides is 1. The zero-order chi connectivity index (χ0) is 11.5. The Morgan fingerprint density at radius 3 is 2.88 bits per heavy atom. The number of hydrogen-bond acceptors (Lipinski definition) is 2. The van der Waals surface area contributed by atoms with E-state index in [-0.39, 0.29) is 11.9 Å². The van der Waals surface area contributed by atoms with E-state index in [9.17, 15) is 4.79 Å². The lowest BCUT2D eigenvalue weighted by molar-refractivity contribution is -0.124. The van der Waals surface area contributed by atoms with Crippen LogP contribution in [0.25, 0.3) is 0 Å². The molecule has 1 aliphatic rings. The van der Waals surface area contributed by atoms with Gasteiger partial charge in [-0.05, 0) is 18.6 Å². The van der Waals surface area contributed by atoms with Gasteiger partial charge in [0.25, 0.3) is 0 Å². The summed E-state index contributed by atoms with van der Waals surface area (Å²) in [4.78, 5) is 13.4. The molecule has 1 unspecified atom stereocenters. The van der Waals surface area contributed by atoms with Gasteiger partial charge in [-0.25, -0.2) is 0 Å². The second-order valence-electron chi connectivity index (χ2n) is 4.02. The summed E-state index contributed by atoms with van der Waals surface area (Å²) in [6.07, 6.45) is 0. The van der Waals surface area contributed by atoms with Gasteiger partial charge in [0.15, 0.2) is 0 Å². The normalized spacial score (nSPS) is 19.2. The van der Waals surface area contributed by atoms with E-state index in [2.05, 4.69) is 17.1 Å². The predicted molar refractivity (Wildman–Crippen MR) is 64.4 cm³/mol. The summed E-state index contributed by atoms with van der Waals surface area (Å²) in [5.74, 6) is 0.0881. The number of nitrogens with one attached hydrogen (secondary N) is 1. The summed E-state index contributed by atoms with van der Waals surface area (Å²) in [6, 6.07) is 7.97. The van der Waals surface area contributed by atoms with E-state index in [1.54, 1.807) is 0 Å². The van der Waals surface area contributed by atoms with Crippen LogP contribution >= 0.6 is 11.6 Å². The Morgan fingerprint density at radius 1 is 1.44 bits per heavy atom. The summed E-state index contributed by atoms with van der Waals surface area (Å²) in [5.41, 5.74) is 1.08. The maximum Gasteiger partial charge on any atom is 0.234 e. The third-order valence-corrected chi connectivity index (χ3v) is 3.32. The molecule has 1 N–H and O–H groups in total. The third kappa shape index (κ3) is 2.36. The van der Waals surface area contributed by atoms with Crippen molar-refractivity contribution in [1.82, 2.24) is 10.2 Å². The number of piperazine rings is 1. The Bertz CT molecular complexity index is 394. The van der Waals surface area contributed by atoms with Gasteiger partial charge >= 0.3 is 0 Å². The molecule has 1 aliphatic heterocycles. The molecule has 0 radical (unpaired) electrons. The smallest absolute Gasteiger partial charge is 0.234 e. The Hall–Kier alpha value is -1.06. The Labute approximate surface area is 100 Å². The van der Waals surface area contributed by atoms with Crippen LogP contribution in [0.2, 0.25) is 5.02 Å². The van der Waals surface area contributed by atoms with Crippen molar-refractivity contribution in [3.05, 3.63) is 34.9 Å². The summed E-state index contributed by atoms with van der Waals surface area (Å²) in [6.45, 7) is 4.12. The van der Waals surface area contributed by atoms with Crippen LogP contribution in [0.3, 0.4) is 0 Å². The maximum atomic E-state index is 11.3. The van der Waals surface area contributed by atoms with E-state index in [0.29, 0.717) is 13.1 Å². The van der Waals surface area contributed by atoms with Crippen LogP contribution in [0.1, 0.15) is 18.5 Å². The van der Waals surface area contributed by atoms with E-state index in [4.69, 9.17) is 11.6 Å². The molecular weight excluding hydrogens is 224 g/mol. The molecule has 1 heterocycles. The zero-order valence-electron chi connectivity index (χ0n) is 9.24. The standard InChI is InChI=1S/C12H15ClN2O/c1-9(10-4-2-3-5-11(10)13)15-7-6-14-12(16)8-15/h2-5,9H,6-8H2,1H3,(H,14,16). The van der Waals surface area contributed by atoms with E-state index in [0.717, 1.165) is 17.1 Å². The lowest BCUT2D eigenvalue weighted by Gasteiger charge is -2.32. The highest BCUT2D eigenvalue weighted by Crippen LogP contribution is 2.27. The van der Waals surface area contributed by atoms with Gasteiger partial charge in [-0.3, -0.25) is 9.69 Å². The zero-order valence-corrected chi connectivity index (χ0v) is 10.00. The van der Waals surface area contributed by atoms with Crippen LogP contribution in [0, 0.1) is 0 Å². The molecule has 1 atom stereocenters. The molecule has 2 rings (SSSR count). The molecule has 16 heavy (non-hydrogen) atoms. The van der Waals surface area contributed by atoms with Crippen molar-refractivity contribution >= 4 is 17.5 Å². The number of rotatable bonds is 2. The van der Waals surface area contributed by atoms with Crippen molar-refractivity contribution < 1.29 is 4.79 Å². The number of carbonyl (C=O) groups is 1.